The van der Waals surface area contributed by atoms with Crippen molar-refractivity contribution < 1.29 is 9.90 Å². The third kappa shape index (κ3) is 1.94. The molecule has 0 aromatic rings. The van der Waals surface area contributed by atoms with E-state index >= 15 is 0 Å². The molecule has 50 valence electrons. The molecule has 0 radical (unpaired) electrons. The number of allylic oxidation sites excluding steroid dienone is 2. The largest absolute Gasteiger partial charge is 0.503 e. The molecule has 0 atom stereocenters. The van der Waals surface area contributed by atoms with Crippen molar-refractivity contribution in [2.24, 2.45) is 5.73 Å². The summed E-state index contributed by atoms with van der Waals surface area (Å²) in [5.74, 6) is -0.581. The van der Waals surface area contributed by atoms with Crippen molar-refractivity contribution in [3.63, 3.8) is 0 Å². The highest BCUT2D eigenvalue weighted by molar-refractivity contribution is 5.98. The monoisotopic (exact) mass is 128 g/mol. The molecule has 0 aliphatic carbocycles. The van der Waals surface area contributed by atoms with Crippen LogP contribution in [0.2, 0.25) is 0 Å². The van der Waals surface area contributed by atoms with Gasteiger partial charge in [0.05, 0.1) is 11.4 Å². The molecule has 0 rings (SSSR count). The van der Waals surface area contributed by atoms with Crippen molar-refractivity contribution in [1.29, 1.82) is 5.41 Å². The van der Waals surface area contributed by atoms with Gasteiger partial charge in [0.1, 0.15) is 0 Å². The molecule has 0 aliphatic rings. The minimum absolute atomic E-state index is 0.0143. The number of carbonyl (C=O) groups excluding carboxylic acids is 1. The Morgan fingerprint density at radius 3 is 2.33 bits per heavy atom. The van der Waals surface area contributed by atoms with E-state index in [4.69, 9.17) is 16.2 Å². The molecule has 0 aliphatic heterocycles. The van der Waals surface area contributed by atoms with Crippen molar-refractivity contribution in [2.75, 3.05) is 0 Å². The van der Waals surface area contributed by atoms with Gasteiger partial charge in [0, 0.05) is 0 Å². The number of aliphatic hydroxyl groups is 1. The summed E-state index contributed by atoms with van der Waals surface area (Å²) in [5, 5.41) is 15.4. The lowest BCUT2D eigenvalue weighted by Crippen LogP contribution is -2.10. The molecule has 0 bridgehead atoms. The van der Waals surface area contributed by atoms with Gasteiger partial charge in [0.25, 0.3) is 0 Å². The average molecular weight is 128 g/mol. The van der Waals surface area contributed by atoms with Crippen LogP contribution in [0.1, 0.15) is 6.92 Å². The molecule has 4 heteroatoms. The van der Waals surface area contributed by atoms with Crippen molar-refractivity contribution in [1.82, 2.24) is 0 Å². The molecular formula is C5H8N2O2. The van der Waals surface area contributed by atoms with Crippen molar-refractivity contribution >= 4 is 12.0 Å². The minimum atomic E-state index is -0.581. The number of nitrogens with one attached hydrogen (secondary N) is 1. The van der Waals surface area contributed by atoms with Gasteiger partial charge in [-0.15, -0.1) is 0 Å². The summed E-state index contributed by atoms with van der Waals surface area (Å²) in [5.41, 5.74) is 4.85. The zero-order valence-electron chi connectivity index (χ0n) is 5.01. The van der Waals surface area contributed by atoms with E-state index in [2.05, 4.69) is 0 Å². The minimum Gasteiger partial charge on any atom is -0.503 e. The number of hydrogen-bond donors (Lipinski definition) is 3. The predicted molar refractivity (Wildman–Crippen MR) is 33.3 cm³/mol. The molecule has 0 spiro atoms. The second kappa shape index (κ2) is 2.86. The molecule has 0 saturated heterocycles. The Balaban J connectivity index is 4.47. The molecule has 0 aromatic carbocycles. The van der Waals surface area contributed by atoms with Crippen LogP contribution in [0.5, 0.6) is 0 Å². The number of aldehydes is 1. The van der Waals surface area contributed by atoms with Crippen LogP contribution in [0.4, 0.5) is 0 Å². The third-order valence-corrected chi connectivity index (χ3v) is 0.792. The van der Waals surface area contributed by atoms with Gasteiger partial charge in [-0.1, -0.05) is 0 Å². The van der Waals surface area contributed by atoms with Gasteiger partial charge in [-0.3, -0.25) is 4.79 Å². The highest BCUT2D eigenvalue weighted by Crippen LogP contribution is 1.90. The van der Waals surface area contributed by atoms with E-state index in [1.807, 2.05) is 0 Å². The highest BCUT2D eigenvalue weighted by Gasteiger charge is 1.99. The van der Waals surface area contributed by atoms with E-state index in [0.29, 0.717) is 0 Å². The summed E-state index contributed by atoms with van der Waals surface area (Å²) in [4.78, 5) is 9.77. The molecule has 0 aromatic heterocycles. The first-order valence-electron chi connectivity index (χ1n) is 2.29. The second-order valence-electron chi connectivity index (χ2n) is 1.54. The standard InChI is InChI=1S/C5H8N2O2/c1-3(6)5(7)4(9)2-8/h2,6,9H,7H2,1H3/b5-4+,6-3?. The third-order valence-electron chi connectivity index (χ3n) is 0.792. The van der Waals surface area contributed by atoms with Gasteiger partial charge in [-0.05, 0) is 6.92 Å². The first-order valence-corrected chi connectivity index (χ1v) is 2.29. The van der Waals surface area contributed by atoms with Crippen LogP contribution in [0.15, 0.2) is 11.5 Å². The summed E-state index contributed by atoms with van der Waals surface area (Å²) in [7, 11) is 0. The fourth-order valence-corrected chi connectivity index (χ4v) is 0.256. The topological polar surface area (TPSA) is 87.2 Å². The average Bonchev–Trinajstić information content (AvgIpc) is 1.84. The van der Waals surface area contributed by atoms with Crippen LogP contribution in [0, 0.1) is 5.41 Å². The van der Waals surface area contributed by atoms with E-state index in [1.165, 1.54) is 6.92 Å². The van der Waals surface area contributed by atoms with Gasteiger partial charge in [0.2, 0.25) is 0 Å². The van der Waals surface area contributed by atoms with E-state index in [-0.39, 0.29) is 17.7 Å². The SMILES string of the molecule is CC(=N)/C(N)=C(\O)C=O. The van der Waals surface area contributed by atoms with Crippen molar-refractivity contribution in [2.45, 2.75) is 6.92 Å². The van der Waals surface area contributed by atoms with Gasteiger partial charge < -0.3 is 16.2 Å². The Morgan fingerprint density at radius 1 is 1.78 bits per heavy atom. The Bertz CT molecular complexity index is 172. The zero-order valence-corrected chi connectivity index (χ0v) is 5.01. The molecule has 0 unspecified atom stereocenters. The Hall–Kier alpha value is -1.32. The molecule has 9 heavy (non-hydrogen) atoms. The predicted octanol–water partition coefficient (Wildman–Crippen LogP) is -0.0467. The molecule has 4 nitrogen and oxygen atoms in total. The first kappa shape index (κ1) is 7.68. The van der Waals surface area contributed by atoms with Crippen LogP contribution in [0.3, 0.4) is 0 Å². The van der Waals surface area contributed by atoms with E-state index in [1.54, 1.807) is 0 Å². The summed E-state index contributed by atoms with van der Waals surface area (Å²) in [6.45, 7) is 1.38. The van der Waals surface area contributed by atoms with Crippen molar-refractivity contribution in [3.8, 4) is 0 Å². The lowest BCUT2D eigenvalue weighted by atomic mass is 10.3. The summed E-state index contributed by atoms with van der Waals surface area (Å²) < 4.78 is 0. The number of carbonyl (C=O) groups is 1. The van der Waals surface area contributed by atoms with Crippen molar-refractivity contribution in [3.05, 3.63) is 11.5 Å². The fraction of sp³-hybridized carbons (Fsp3) is 0.200. The maximum atomic E-state index is 9.77. The number of hydrogen-bond acceptors (Lipinski definition) is 4. The highest BCUT2D eigenvalue weighted by atomic mass is 16.3. The zero-order chi connectivity index (χ0) is 7.44. The second-order valence-corrected chi connectivity index (χ2v) is 1.54. The first-order chi connectivity index (χ1) is 4.09. The van der Waals surface area contributed by atoms with Crippen LogP contribution >= 0.6 is 0 Å². The van der Waals surface area contributed by atoms with Crippen LogP contribution in [-0.2, 0) is 4.79 Å². The Kier molecular flexibility index (Phi) is 2.44. The summed E-state index contributed by atoms with van der Waals surface area (Å²) in [6.07, 6.45) is 0.202. The number of aliphatic hydroxyl groups excluding tert-OH is 1. The van der Waals surface area contributed by atoms with Gasteiger partial charge >= 0.3 is 0 Å². The fourth-order valence-electron chi connectivity index (χ4n) is 0.256. The van der Waals surface area contributed by atoms with E-state index in [9.17, 15) is 4.79 Å². The Labute approximate surface area is 52.5 Å². The van der Waals surface area contributed by atoms with Gasteiger partial charge in [-0.2, -0.15) is 0 Å². The molecule has 0 fully saturated rings. The van der Waals surface area contributed by atoms with Crippen LogP contribution < -0.4 is 5.73 Å². The maximum Gasteiger partial charge on any atom is 0.186 e. The van der Waals surface area contributed by atoms with Crippen LogP contribution in [-0.4, -0.2) is 17.1 Å². The van der Waals surface area contributed by atoms with Gasteiger partial charge in [0.15, 0.2) is 12.0 Å². The number of nitrogens with two attached hydrogens (primary N) is 1. The molecular weight excluding hydrogens is 120 g/mol. The molecule has 0 saturated carbocycles. The lowest BCUT2D eigenvalue weighted by Gasteiger charge is -1.95. The normalized spacial score (nSPS) is 12.1. The summed E-state index contributed by atoms with van der Waals surface area (Å²) in [6, 6.07) is 0. The van der Waals surface area contributed by atoms with Crippen LogP contribution in [0.25, 0.3) is 0 Å². The maximum absolute atomic E-state index is 9.77. The van der Waals surface area contributed by atoms with E-state index < -0.39 is 5.76 Å². The van der Waals surface area contributed by atoms with Gasteiger partial charge in [-0.25, -0.2) is 0 Å². The molecule has 4 N–H and O–H groups in total. The number of rotatable bonds is 2. The smallest absolute Gasteiger partial charge is 0.186 e. The lowest BCUT2D eigenvalue weighted by molar-refractivity contribution is -0.107. The summed E-state index contributed by atoms with van der Waals surface area (Å²) >= 11 is 0. The van der Waals surface area contributed by atoms with E-state index in [0.717, 1.165) is 0 Å². The Morgan fingerprint density at radius 2 is 2.22 bits per heavy atom. The molecule has 0 heterocycles. The molecule has 0 amide bonds. The quantitative estimate of drug-likeness (QED) is 0.211.